The van der Waals surface area contributed by atoms with Gasteiger partial charge < -0.3 is 19.4 Å². The van der Waals surface area contributed by atoms with Crippen LogP contribution < -0.4 is 14.8 Å². The van der Waals surface area contributed by atoms with E-state index in [1.54, 1.807) is 18.4 Å². The third-order valence-corrected chi connectivity index (χ3v) is 6.47. The number of ether oxygens (including phenoxy) is 2. The highest BCUT2D eigenvalue weighted by Gasteiger charge is 2.32. The van der Waals surface area contributed by atoms with Crippen molar-refractivity contribution in [2.75, 3.05) is 13.7 Å². The molecule has 1 amide bonds. The Morgan fingerprint density at radius 3 is 2.74 bits per heavy atom. The first-order chi connectivity index (χ1) is 16.2. The van der Waals surface area contributed by atoms with Gasteiger partial charge in [-0.25, -0.2) is 4.68 Å². The molecule has 176 valence electrons. The largest absolute Gasteiger partial charge is 0.496 e. The molecular formula is C26H28N4O3S. The highest BCUT2D eigenvalue weighted by atomic mass is 32.1. The van der Waals surface area contributed by atoms with Crippen LogP contribution in [0.4, 0.5) is 0 Å². The smallest absolute Gasteiger partial charge is 0.272 e. The Balaban J connectivity index is 1.68. The molecule has 1 aliphatic rings. The number of thiophene rings is 1. The van der Waals surface area contributed by atoms with Gasteiger partial charge in [0.1, 0.15) is 18.1 Å². The van der Waals surface area contributed by atoms with Gasteiger partial charge in [-0.2, -0.15) is 16.4 Å². The molecule has 1 aromatic carbocycles. The molecule has 0 spiro atoms. The summed E-state index contributed by atoms with van der Waals surface area (Å²) < 4.78 is 15.7. The summed E-state index contributed by atoms with van der Waals surface area (Å²) in [5, 5.41) is 11.9. The third-order valence-electron chi connectivity index (χ3n) is 5.80. The monoisotopic (exact) mass is 476 g/mol. The standard InChI is InChI=1S/C26H28N4O3S/c1-26(2,3)15-27-25(31)23-20-13-33-22-11-21(32-5)18(16-6-8-29(4)12-16)10-19(22)24(20)30(28-23)17-7-9-34-14-17/h6-12,14H,13,15H2,1-5H3,(H,27,31). The van der Waals surface area contributed by atoms with Crippen LogP contribution in [0.25, 0.3) is 28.1 Å². The Labute approximate surface area is 202 Å². The van der Waals surface area contributed by atoms with E-state index in [4.69, 9.17) is 14.6 Å². The quantitative estimate of drug-likeness (QED) is 0.425. The van der Waals surface area contributed by atoms with E-state index in [-0.39, 0.29) is 17.9 Å². The summed E-state index contributed by atoms with van der Waals surface area (Å²) in [5.41, 5.74) is 5.82. The molecule has 0 bridgehead atoms. The van der Waals surface area contributed by atoms with Crippen LogP contribution in [0.5, 0.6) is 11.5 Å². The van der Waals surface area contributed by atoms with Crippen molar-refractivity contribution >= 4 is 17.2 Å². The van der Waals surface area contributed by atoms with Crippen molar-refractivity contribution in [3.8, 4) is 39.6 Å². The lowest BCUT2D eigenvalue weighted by Crippen LogP contribution is -2.33. The molecule has 0 atom stereocenters. The van der Waals surface area contributed by atoms with E-state index in [0.29, 0.717) is 18.0 Å². The number of methoxy groups -OCH3 is 1. The van der Waals surface area contributed by atoms with Gasteiger partial charge in [0.05, 0.1) is 18.5 Å². The van der Waals surface area contributed by atoms with Crippen molar-refractivity contribution in [1.29, 1.82) is 0 Å². The molecule has 3 aromatic heterocycles. The first-order valence-corrected chi connectivity index (χ1v) is 12.1. The maximum absolute atomic E-state index is 13.2. The van der Waals surface area contributed by atoms with E-state index in [1.165, 1.54) is 0 Å². The van der Waals surface area contributed by atoms with Gasteiger partial charge in [0, 0.05) is 59.7 Å². The maximum Gasteiger partial charge on any atom is 0.272 e. The maximum atomic E-state index is 13.2. The Hall–Kier alpha value is -3.52. The average Bonchev–Trinajstić information content (AvgIpc) is 3.55. The Morgan fingerprint density at radius 2 is 2.09 bits per heavy atom. The highest BCUT2D eigenvalue weighted by Crippen LogP contribution is 2.46. The van der Waals surface area contributed by atoms with Crippen molar-refractivity contribution < 1.29 is 14.3 Å². The normalized spacial score (nSPS) is 12.6. The number of carbonyl (C=O) groups is 1. The molecule has 5 rings (SSSR count). The summed E-state index contributed by atoms with van der Waals surface area (Å²) >= 11 is 1.59. The van der Waals surface area contributed by atoms with Gasteiger partial charge in [0.2, 0.25) is 0 Å². The van der Waals surface area contributed by atoms with Crippen LogP contribution in [-0.2, 0) is 13.7 Å². The predicted molar refractivity (Wildman–Crippen MR) is 134 cm³/mol. The second-order valence-corrected chi connectivity index (χ2v) is 10.5. The minimum Gasteiger partial charge on any atom is -0.496 e. The number of carbonyl (C=O) groups excluding carboxylic acids is 1. The first-order valence-electron chi connectivity index (χ1n) is 11.2. The third kappa shape index (κ3) is 3.98. The van der Waals surface area contributed by atoms with Crippen molar-refractivity contribution in [2.24, 2.45) is 12.5 Å². The first kappa shape index (κ1) is 22.3. The fourth-order valence-electron chi connectivity index (χ4n) is 4.11. The molecule has 4 heterocycles. The van der Waals surface area contributed by atoms with E-state index in [0.717, 1.165) is 39.4 Å². The van der Waals surface area contributed by atoms with Crippen LogP contribution >= 0.6 is 11.3 Å². The number of nitrogens with zero attached hydrogens (tertiary/aromatic N) is 3. The summed E-state index contributed by atoms with van der Waals surface area (Å²) in [6, 6.07) is 8.05. The molecule has 0 saturated heterocycles. The number of benzene rings is 1. The lowest BCUT2D eigenvalue weighted by atomic mass is 9.96. The zero-order valence-corrected chi connectivity index (χ0v) is 20.8. The summed E-state index contributed by atoms with van der Waals surface area (Å²) in [7, 11) is 3.65. The number of hydrogen-bond donors (Lipinski definition) is 1. The molecule has 0 unspecified atom stereocenters. The van der Waals surface area contributed by atoms with Gasteiger partial charge in [-0.3, -0.25) is 4.79 Å². The predicted octanol–water partition coefficient (Wildman–Crippen LogP) is 5.28. The number of fused-ring (bicyclic) bond motifs is 3. The molecule has 34 heavy (non-hydrogen) atoms. The van der Waals surface area contributed by atoms with Crippen molar-refractivity contribution in [3.05, 3.63) is 58.7 Å². The number of rotatable bonds is 5. The van der Waals surface area contributed by atoms with Crippen LogP contribution in [0.2, 0.25) is 0 Å². The number of nitrogens with one attached hydrogen (secondary N) is 1. The topological polar surface area (TPSA) is 70.3 Å². The van der Waals surface area contributed by atoms with Crippen molar-refractivity contribution in [3.63, 3.8) is 0 Å². The zero-order valence-electron chi connectivity index (χ0n) is 20.0. The molecule has 1 aliphatic heterocycles. The van der Waals surface area contributed by atoms with E-state index in [2.05, 4.69) is 44.4 Å². The molecule has 8 heteroatoms. The molecule has 1 N–H and O–H groups in total. The Kier molecular flexibility index (Phi) is 5.48. The van der Waals surface area contributed by atoms with Gasteiger partial charge in [-0.15, -0.1) is 0 Å². The molecule has 0 fully saturated rings. The van der Waals surface area contributed by atoms with Crippen molar-refractivity contribution in [2.45, 2.75) is 27.4 Å². The van der Waals surface area contributed by atoms with Crippen LogP contribution in [0.3, 0.4) is 0 Å². The highest BCUT2D eigenvalue weighted by molar-refractivity contribution is 7.08. The summed E-state index contributed by atoms with van der Waals surface area (Å²) in [5.74, 6) is 1.25. The van der Waals surface area contributed by atoms with Crippen LogP contribution in [0.1, 0.15) is 36.8 Å². The number of aryl methyl sites for hydroxylation is 1. The Bertz CT molecular complexity index is 1360. The molecule has 4 aromatic rings. The molecule has 7 nitrogen and oxygen atoms in total. The molecule has 0 radical (unpaired) electrons. The van der Waals surface area contributed by atoms with E-state index < -0.39 is 0 Å². The fourth-order valence-corrected chi connectivity index (χ4v) is 4.73. The molecule has 0 saturated carbocycles. The fraction of sp³-hybridized carbons (Fsp3) is 0.308. The molecular weight excluding hydrogens is 448 g/mol. The zero-order chi connectivity index (χ0) is 24.0. The number of aromatic nitrogens is 3. The average molecular weight is 477 g/mol. The second-order valence-electron chi connectivity index (χ2n) is 9.72. The van der Waals surface area contributed by atoms with Crippen LogP contribution in [0, 0.1) is 5.41 Å². The number of hydrogen-bond acceptors (Lipinski definition) is 5. The lowest BCUT2D eigenvalue weighted by Gasteiger charge is -2.22. The second kappa shape index (κ2) is 8.36. The SMILES string of the molecule is COc1cc2c(cc1-c1ccn(C)c1)-c1c(c(C(=O)NCC(C)(C)C)nn1-c1ccsc1)CO2. The van der Waals surface area contributed by atoms with Gasteiger partial charge in [-0.1, -0.05) is 20.8 Å². The van der Waals surface area contributed by atoms with Gasteiger partial charge in [-0.05, 0) is 29.0 Å². The van der Waals surface area contributed by atoms with Gasteiger partial charge in [0.15, 0.2) is 5.69 Å². The summed E-state index contributed by atoms with van der Waals surface area (Å²) in [6.07, 6.45) is 4.06. The summed E-state index contributed by atoms with van der Waals surface area (Å²) in [6.45, 7) is 7.08. The van der Waals surface area contributed by atoms with Gasteiger partial charge >= 0.3 is 0 Å². The summed E-state index contributed by atoms with van der Waals surface area (Å²) in [4.78, 5) is 13.2. The minimum atomic E-state index is -0.191. The molecule has 0 aliphatic carbocycles. The Morgan fingerprint density at radius 1 is 1.26 bits per heavy atom. The number of amides is 1. The minimum absolute atomic E-state index is 0.0319. The van der Waals surface area contributed by atoms with E-state index in [9.17, 15) is 4.79 Å². The van der Waals surface area contributed by atoms with Gasteiger partial charge in [0.25, 0.3) is 5.91 Å². The lowest BCUT2D eigenvalue weighted by molar-refractivity contribution is 0.0931. The van der Waals surface area contributed by atoms with Crippen LogP contribution in [-0.4, -0.2) is 33.9 Å². The van der Waals surface area contributed by atoms with E-state index >= 15 is 0 Å². The van der Waals surface area contributed by atoms with Crippen molar-refractivity contribution in [1.82, 2.24) is 19.7 Å². The van der Waals surface area contributed by atoms with Crippen LogP contribution in [0.15, 0.2) is 47.4 Å². The van der Waals surface area contributed by atoms with E-state index in [1.807, 2.05) is 45.4 Å².